The van der Waals surface area contributed by atoms with Crippen molar-refractivity contribution in [2.75, 3.05) is 18.6 Å². The molecule has 18 heavy (non-hydrogen) atoms. The van der Waals surface area contributed by atoms with E-state index < -0.39 is 12.1 Å². The van der Waals surface area contributed by atoms with Gasteiger partial charge < -0.3 is 21.5 Å². The van der Waals surface area contributed by atoms with Gasteiger partial charge in [-0.05, 0) is 31.3 Å². The highest BCUT2D eigenvalue weighted by atomic mass is 32.2. The van der Waals surface area contributed by atoms with Gasteiger partial charge in [0.1, 0.15) is 6.04 Å². The number of rotatable bonds is 8. The molecule has 0 aromatic carbocycles. The molecule has 6 nitrogen and oxygen atoms in total. The molecule has 0 spiro atoms. The lowest BCUT2D eigenvalue weighted by molar-refractivity contribution is -0.123. The predicted molar refractivity (Wildman–Crippen MR) is 73.4 cm³/mol. The molecule has 0 aliphatic rings. The molecule has 0 radical (unpaired) electrons. The van der Waals surface area contributed by atoms with Crippen LogP contribution in [0, 0.1) is 5.92 Å². The molecule has 3 atom stereocenters. The van der Waals surface area contributed by atoms with E-state index in [9.17, 15) is 9.59 Å². The van der Waals surface area contributed by atoms with Gasteiger partial charge in [0, 0.05) is 12.6 Å². The van der Waals surface area contributed by atoms with Gasteiger partial charge in [-0.3, -0.25) is 4.79 Å². The minimum Gasteiger partial charge on any atom is -0.396 e. The Kier molecular flexibility index (Phi) is 8.57. The number of amides is 3. The summed E-state index contributed by atoms with van der Waals surface area (Å²) in [6.45, 7) is 3.65. The van der Waals surface area contributed by atoms with Crippen molar-refractivity contribution in [3.05, 3.63) is 0 Å². The lowest BCUT2D eigenvalue weighted by atomic mass is 10.0. The van der Waals surface area contributed by atoms with Crippen molar-refractivity contribution in [3.8, 4) is 0 Å². The molecule has 0 bridgehead atoms. The van der Waals surface area contributed by atoms with Crippen molar-refractivity contribution in [2.24, 2.45) is 11.7 Å². The SMILES string of the molecule is CSCCC(NC(N)=O)C(=O)NC(C)C(C)CO. The summed E-state index contributed by atoms with van der Waals surface area (Å²) < 4.78 is 0. The summed E-state index contributed by atoms with van der Waals surface area (Å²) in [6.07, 6.45) is 2.45. The lowest BCUT2D eigenvalue weighted by Gasteiger charge is -2.23. The van der Waals surface area contributed by atoms with Crippen LogP contribution in [0.3, 0.4) is 0 Å². The van der Waals surface area contributed by atoms with Crippen LogP contribution in [0.4, 0.5) is 4.79 Å². The summed E-state index contributed by atoms with van der Waals surface area (Å²) in [6, 6.07) is -1.49. The zero-order valence-corrected chi connectivity index (χ0v) is 11.9. The first kappa shape index (κ1) is 17.1. The number of carbonyl (C=O) groups excluding carboxylic acids is 2. The first-order chi connectivity index (χ1) is 8.42. The van der Waals surface area contributed by atoms with Crippen LogP contribution in [0.25, 0.3) is 0 Å². The number of nitrogens with one attached hydrogen (secondary N) is 2. The van der Waals surface area contributed by atoms with Gasteiger partial charge in [0.25, 0.3) is 0 Å². The van der Waals surface area contributed by atoms with Gasteiger partial charge >= 0.3 is 6.03 Å². The number of primary amides is 1. The summed E-state index contributed by atoms with van der Waals surface area (Å²) in [5.41, 5.74) is 5.04. The van der Waals surface area contributed by atoms with Crippen LogP contribution in [0.2, 0.25) is 0 Å². The zero-order chi connectivity index (χ0) is 14.1. The number of hydrogen-bond acceptors (Lipinski definition) is 4. The number of nitrogens with two attached hydrogens (primary N) is 1. The number of hydrogen-bond donors (Lipinski definition) is 4. The average Bonchev–Trinajstić information content (AvgIpc) is 2.32. The minimum atomic E-state index is -0.709. The summed E-state index contributed by atoms with van der Waals surface area (Å²) in [5, 5.41) is 14.2. The Morgan fingerprint density at radius 3 is 2.39 bits per heavy atom. The zero-order valence-electron chi connectivity index (χ0n) is 11.1. The summed E-state index contributed by atoms with van der Waals surface area (Å²) in [7, 11) is 0. The second kappa shape index (κ2) is 9.04. The maximum atomic E-state index is 11.9. The third kappa shape index (κ3) is 6.70. The molecule has 0 fully saturated rings. The van der Waals surface area contributed by atoms with Gasteiger partial charge in [0.2, 0.25) is 5.91 Å². The molecule has 0 aromatic heterocycles. The Hall–Kier alpha value is -0.950. The van der Waals surface area contributed by atoms with Crippen LogP contribution >= 0.6 is 11.8 Å². The fourth-order valence-electron chi connectivity index (χ4n) is 1.30. The van der Waals surface area contributed by atoms with E-state index >= 15 is 0 Å². The third-order valence-corrected chi connectivity index (χ3v) is 3.40. The Bertz CT molecular complexity index is 276. The van der Waals surface area contributed by atoms with E-state index in [0.29, 0.717) is 6.42 Å². The quantitative estimate of drug-likeness (QED) is 0.497. The third-order valence-electron chi connectivity index (χ3n) is 2.76. The smallest absolute Gasteiger partial charge is 0.312 e. The van der Waals surface area contributed by atoms with E-state index in [1.165, 1.54) is 0 Å². The van der Waals surface area contributed by atoms with Crippen molar-refractivity contribution in [1.29, 1.82) is 0 Å². The molecule has 0 saturated carbocycles. The fourth-order valence-corrected chi connectivity index (χ4v) is 1.77. The number of aliphatic hydroxyl groups excluding tert-OH is 1. The second-order valence-corrected chi connectivity index (χ2v) is 5.29. The molecular weight excluding hydrogens is 254 g/mol. The molecule has 3 amide bonds. The van der Waals surface area contributed by atoms with E-state index in [0.717, 1.165) is 5.75 Å². The molecule has 7 heteroatoms. The molecule has 3 unspecified atom stereocenters. The largest absolute Gasteiger partial charge is 0.396 e. The molecule has 0 heterocycles. The summed E-state index contributed by atoms with van der Waals surface area (Å²) in [5.74, 6) is 0.446. The second-order valence-electron chi connectivity index (χ2n) is 4.30. The monoisotopic (exact) mass is 277 g/mol. The highest BCUT2D eigenvalue weighted by molar-refractivity contribution is 7.98. The van der Waals surface area contributed by atoms with Crippen LogP contribution in [0.1, 0.15) is 20.3 Å². The first-order valence-electron chi connectivity index (χ1n) is 5.88. The fraction of sp³-hybridized carbons (Fsp3) is 0.818. The predicted octanol–water partition coefficient (Wildman–Crippen LogP) is -0.0905. The number of carbonyl (C=O) groups is 2. The van der Waals surface area contributed by atoms with E-state index in [2.05, 4.69) is 10.6 Å². The van der Waals surface area contributed by atoms with Crippen molar-refractivity contribution < 1.29 is 14.7 Å². The van der Waals surface area contributed by atoms with Gasteiger partial charge in [-0.1, -0.05) is 6.92 Å². The van der Waals surface area contributed by atoms with Crippen LogP contribution in [-0.2, 0) is 4.79 Å². The average molecular weight is 277 g/mol. The molecule has 5 N–H and O–H groups in total. The number of urea groups is 1. The van der Waals surface area contributed by atoms with Crippen LogP contribution < -0.4 is 16.4 Å². The maximum absolute atomic E-state index is 11.9. The van der Waals surface area contributed by atoms with E-state index in [1.54, 1.807) is 11.8 Å². The number of aliphatic hydroxyl groups is 1. The van der Waals surface area contributed by atoms with Gasteiger partial charge in [-0.25, -0.2) is 4.79 Å². The van der Waals surface area contributed by atoms with Crippen LogP contribution in [0.15, 0.2) is 0 Å². The maximum Gasteiger partial charge on any atom is 0.312 e. The van der Waals surface area contributed by atoms with Gasteiger partial charge in [0.15, 0.2) is 0 Å². The van der Waals surface area contributed by atoms with Gasteiger partial charge in [0.05, 0.1) is 0 Å². The van der Waals surface area contributed by atoms with Crippen LogP contribution in [0.5, 0.6) is 0 Å². The Balaban J connectivity index is 4.40. The summed E-state index contributed by atoms with van der Waals surface area (Å²) in [4.78, 5) is 22.8. The summed E-state index contributed by atoms with van der Waals surface area (Å²) >= 11 is 1.59. The lowest BCUT2D eigenvalue weighted by Crippen LogP contribution is -2.52. The van der Waals surface area contributed by atoms with E-state index in [-0.39, 0.29) is 24.5 Å². The highest BCUT2D eigenvalue weighted by Gasteiger charge is 2.22. The molecule has 0 aromatic rings. The molecule has 0 saturated heterocycles. The van der Waals surface area contributed by atoms with Crippen molar-refractivity contribution >= 4 is 23.7 Å². The van der Waals surface area contributed by atoms with Crippen LogP contribution in [-0.4, -0.2) is 47.7 Å². The van der Waals surface area contributed by atoms with Gasteiger partial charge in [-0.2, -0.15) is 11.8 Å². The Labute approximate surface area is 112 Å². The normalized spacial score (nSPS) is 15.6. The van der Waals surface area contributed by atoms with Crippen molar-refractivity contribution in [2.45, 2.75) is 32.4 Å². The van der Waals surface area contributed by atoms with Crippen molar-refractivity contribution in [1.82, 2.24) is 10.6 Å². The number of thioether (sulfide) groups is 1. The van der Waals surface area contributed by atoms with Gasteiger partial charge in [-0.15, -0.1) is 0 Å². The van der Waals surface area contributed by atoms with Crippen molar-refractivity contribution in [3.63, 3.8) is 0 Å². The first-order valence-corrected chi connectivity index (χ1v) is 7.27. The minimum absolute atomic E-state index is 0.000172. The molecule has 0 rings (SSSR count). The topological polar surface area (TPSA) is 104 Å². The molecular formula is C11H23N3O3S. The van der Waals surface area contributed by atoms with E-state index in [1.807, 2.05) is 20.1 Å². The Morgan fingerprint density at radius 1 is 1.33 bits per heavy atom. The Morgan fingerprint density at radius 2 is 1.94 bits per heavy atom. The molecule has 0 aliphatic carbocycles. The standard InChI is InChI=1S/C11H23N3O3S/c1-7(6-15)8(2)13-10(16)9(4-5-18-3)14-11(12)17/h7-9,15H,4-6H2,1-3H3,(H,13,16)(H3,12,14,17). The molecule has 0 aliphatic heterocycles. The molecule has 106 valence electrons. The van der Waals surface area contributed by atoms with E-state index in [4.69, 9.17) is 10.8 Å². The highest BCUT2D eigenvalue weighted by Crippen LogP contribution is 2.04.